The molecular weight excluding hydrogens is 342 g/mol. The quantitative estimate of drug-likeness (QED) is 0.587. The Morgan fingerprint density at radius 2 is 1.80 bits per heavy atom. The molecule has 140 valence electrons. The molecule has 0 aliphatic carbocycles. The van der Waals surface area contributed by atoms with Gasteiger partial charge in [0.1, 0.15) is 5.60 Å². The summed E-state index contributed by atoms with van der Waals surface area (Å²) in [6.45, 7) is 12.5. The second-order valence-electron chi connectivity index (χ2n) is 7.06. The standard InChI is InChI=1S/C18H27NO5S/c1-13(2)11-15(19-17(20)24-18(4,5)6)12-23-25(21,22)16-9-7-14(3)8-10-16/h7-10,15H,1,11-12H2,2-6H3,(H,19,20). The lowest BCUT2D eigenvalue weighted by molar-refractivity contribution is 0.0488. The molecule has 0 saturated heterocycles. The summed E-state index contributed by atoms with van der Waals surface area (Å²) in [4.78, 5) is 12.0. The molecule has 0 heterocycles. The number of alkyl carbamates (subject to hydrolysis) is 1. The Morgan fingerprint density at radius 1 is 1.24 bits per heavy atom. The van der Waals surface area contributed by atoms with Crippen LogP contribution >= 0.6 is 0 Å². The maximum absolute atomic E-state index is 12.3. The number of carbonyl (C=O) groups is 1. The molecule has 0 aliphatic heterocycles. The lowest BCUT2D eigenvalue weighted by Crippen LogP contribution is -2.42. The predicted molar refractivity (Wildman–Crippen MR) is 96.9 cm³/mol. The molecule has 25 heavy (non-hydrogen) atoms. The second kappa shape index (κ2) is 8.49. The summed E-state index contributed by atoms with van der Waals surface area (Å²) in [6.07, 6.45) is -0.252. The average Bonchev–Trinajstić information content (AvgIpc) is 2.42. The smallest absolute Gasteiger partial charge is 0.407 e. The van der Waals surface area contributed by atoms with Gasteiger partial charge in [0.25, 0.3) is 10.1 Å². The van der Waals surface area contributed by atoms with Gasteiger partial charge in [0, 0.05) is 0 Å². The highest BCUT2D eigenvalue weighted by molar-refractivity contribution is 7.86. The van der Waals surface area contributed by atoms with Crippen LogP contribution in [0, 0.1) is 6.92 Å². The average molecular weight is 369 g/mol. The van der Waals surface area contributed by atoms with E-state index in [0.717, 1.165) is 11.1 Å². The van der Waals surface area contributed by atoms with E-state index in [1.54, 1.807) is 39.8 Å². The fourth-order valence-electron chi connectivity index (χ4n) is 1.99. The summed E-state index contributed by atoms with van der Waals surface area (Å²) in [6, 6.07) is 5.80. The molecule has 1 rings (SSSR count). The van der Waals surface area contributed by atoms with Gasteiger partial charge in [-0.3, -0.25) is 4.18 Å². The van der Waals surface area contributed by atoms with Gasteiger partial charge in [0.05, 0.1) is 17.5 Å². The molecule has 7 heteroatoms. The molecule has 6 nitrogen and oxygen atoms in total. The van der Waals surface area contributed by atoms with Gasteiger partial charge in [0.15, 0.2) is 0 Å². The molecule has 0 bridgehead atoms. The molecule has 0 radical (unpaired) electrons. The zero-order chi connectivity index (χ0) is 19.3. The van der Waals surface area contributed by atoms with Crippen LogP contribution in [0.4, 0.5) is 4.79 Å². The highest BCUT2D eigenvalue weighted by atomic mass is 32.2. The number of hydrogen-bond donors (Lipinski definition) is 1. The molecule has 1 amide bonds. The van der Waals surface area contributed by atoms with Gasteiger partial charge in [-0.1, -0.05) is 23.3 Å². The van der Waals surface area contributed by atoms with Crippen LogP contribution in [0.2, 0.25) is 0 Å². The number of hydrogen-bond acceptors (Lipinski definition) is 5. The molecule has 1 atom stereocenters. The number of amides is 1. The van der Waals surface area contributed by atoms with E-state index in [-0.39, 0.29) is 11.5 Å². The maximum atomic E-state index is 12.3. The summed E-state index contributed by atoms with van der Waals surface area (Å²) in [7, 11) is -3.90. The number of rotatable bonds is 7. The van der Waals surface area contributed by atoms with Crippen molar-refractivity contribution < 1.29 is 22.1 Å². The first-order chi connectivity index (χ1) is 11.4. The van der Waals surface area contributed by atoms with Crippen molar-refractivity contribution in [2.75, 3.05) is 6.61 Å². The lowest BCUT2D eigenvalue weighted by atomic mass is 10.1. The molecule has 0 aliphatic rings. The minimum atomic E-state index is -3.90. The van der Waals surface area contributed by atoms with Crippen LogP contribution in [0.15, 0.2) is 41.3 Å². The van der Waals surface area contributed by atoms with Crippen molar-refractivity contribution in [2.24, 2.45) is 0 Å². The number of nitrogens with one attached hydrogen (secondary N) is 1. The molecule has 0 saturated carbocycles. The van der Waals surface area contributed by atoms with Crippen LogP contribution in [0.1, 0.15) is 39.7 Å². The first-order valence-electron chi connectivity index (χ1n) is 7.99. The monoisotopic (exact) mass is 369 g/mol. The lowest BCUT2D eigenvalue weighted by Gasteiger charge is -2.23. The topological polar surface area (TPSA) is 81.7 Å². The number of ether oxygens (including phenoxy) is 1. The van der Waals surface area contributed by atoms with Gasteiger partial charge in [-0.25, -0.2) is 4.79 Å². The summed E-state index contributed by atoms with van der Waals surface area (Å²) >= 11 is 0. The third kappa shape index (κ3) is 8.18. The summed E-state index contributed by atoms with van der Waals surface area (Å²) in [5.74, 6) is 0. The molecular formula is C18H27NO5S. The minimum absolute atomic E-state index is 0.0736. The Kier molecular flexibility index (Phi) is 7.19. The van der Waals surface area contributed by atoms with E-state index in [4.69, 9.17) is 8.92 Å². The van der Waals surface area contributed by atoms with E-state index in [1.165, 1.54) is 12.1 Å². The van der Waals surface area contributed by atoms with Crippen molar-refractivity contribution in [3.05, 3.63) is 42.0 Å². The summed E-state index contributed by atoms with van der Waals surface area (Å²) in [5.41, 5.74) is 1.09. The van der Waals surface area contributed by atoms with Gasteiger partial charge < -0.3 is 10.1 Å². The van der Waals surface area contributed by atoms with E-state index in [1.807, 2.05) is 6.92 Å². The molecule has 1 aromatic carbocycles. The Bertz CT molecular complexity index is 702. The third-order valence-electron chi connectivity index (χ3n) is 3.05. The Balaban J connectivity index is 2.76. The largest absolute Gasteiger partial charge is 0.444 e. The summed E-state index contributed by atoms with van der Waals surface area (Å²) in [5, 5.41) is 2.63. The molecule has 0 fully saturated rings. The first-order valence-corrected chi connectivity index (χ1v) is 9.40. The Labute approximate surface area is 150 Å². The van der Waals surface area contributed by atoms with Crippen LogP contribution in [0.5, 0.6) is 0 Å². The zero-order valence-corrected chi connectivity index (χ0v) is 16.3. The van der Waals surface area contributed by atoms with Gasteiger partial charge in [-0.15, -0.1) is 6.58 Å². The minimum Gasteiger partial charge on any atom is -0.444 e. The Morgan fingerprint density at radius 3 is 2.28 bits per heavy atom. The highest BCUT2D eigenvalue weighted by Crippen LogP contribution is 2.15. The van der Waals surface area contributed by atoms with Crippen LogP contribution in [-0.4, -0.2) is 32.8 Å². The first kappa shape index (κ1) is 21.2. The molecule has 1 unspecified atom stereocenters. The zero-order valence-electron chi connectivity index (χ0n) is 15.5. The van der Waals surface area contributed by atoms with Crippen molar-refractivity contribution in [1.29, 1.82) is 0 Å². The van der Waals surface area contributed by atoms with Gasteiger partial charge in [-0.2, -0.15) is 8.42 Å². The van der Waals surface area contributed by atoms with E-state index < -0.39 is 27.9 Å². The van der Waals surface area contributed by atoms with Gasteiger partial charge >= 0.3 is 6.09 Å². The van der Waals surface area contributed by atoms with Crippen LogP contribution in [-0.2, 0) is 19.0 Å². The van der Waals surface area contributed by atoms with Crippen molar-refractivity contribution in [1.82, 2.24) is 5.32 Å². The second-order valence-corrected chi connectivity index (χ2v) is 8.67. The molecule has 0 spiro atoms. The fraction of sp³-hybridized carbons (Fsp3) is 0.500. The number of carbonyl (C=O) groups excluding carboxylic acids is 1. The van der Waals surface area contributed by atoms with Crippen molar-refractivity contribution >= 4 is 16.2 Å². The number of benzene rings is 1. The summed E-state index contributed by atoms with van der Waals surface area (Å²) < 4.78 is 34.8. The van der Waals surface area contributed by atoms with Crippen molar-refractivity contribution in [3.63, 3.8) is 0 Å². The fourth-order valence-corrected chi connectivity index (χ4v) is 2.94. The van der Waals surface area contributed by atoms with Gasteiger partial charge in [-0.05, 0) is 53.2 Å². The maximum Gasteiger partial charge on any atom is 0.407 e. The van der Waals surface area contributed by atoms with Crippen LogP contribution in [0.25, 0.3) is 0 Å². The number of aryl methyl sites for hydroxylation is 1. The highest BCUT2D eigenvalue weighted by Gasteiger charge is 2.22. The van der Waals surface area contributed by atoms with E-state index in [9.17, 15) is 13.2 Å². The van der Waals surface area contributed by atoms with Gasteiger partial charge in [0.2, 0.25) is 0 Å². The molecule has 1 N–H and O–H groups in total. The predicted octanol–water partition coefficient (Wildman–Crippen LogP) is 3.56. The van der Waals surface area contributed by atoms with E-state index in [2.05, 4.69) is 11.9 Å². The molecule has 0 aromatic heterocycles. The Hall–Kier alpha value is -1.86. The van der Waals surface area contributed by atoms with Crippen LogP contribution < -0.4 is 5.32 Å². The third-order valence-corrected chi connectivity index (χ3v) is 4.35. The van der Waals surface area contributed by atoms with Crippen molar-refractivity contribution in [2.45, 2.75) is 57.6 Å². The van der Waals surface area contributed by atoms with E-state index in [0.29, 0.717) is 6.42 Å². The normalized spacial score (nSPS) is 13.2. The SMILES string of the molecule is C=C(C)CC(COS(=O)(=O)c1ccc(C)cc1)NC(=O)OC(C)(C)C. The van der Waals surface area contributed by atoms with Crippen LogP contribution in [0.3, 0.4) is 0 Å². The molecule has 1 aromatic rings. The van der Waals surface area contributed by atoms with Crippen molar-refractivity contribution in [3.8, 4) is 0 Å². The van der Waals surface area contributed by atoms with E-state index >= 15 is 0 Å².